The van der Waals surface area contributed by atoms with E-state index in [0.717, 1.165) is 18.7 Å². The van der Waals surface area contributed by atoms with E-state index in [1.54, 1.807) is 12.3 Å². The molecule has 7 heteroatoms. The van der Waals surface area contributed by atoms with Crippen molar-refractivity contribution in [3.8, 4) is 0 Å². The molecule has 1 N–H and O–H groups in total. The lowest BCUT2D eigenvalue weighted by Gasteiger charge is -2.06. The second-order valence-electron chi connectivity index (χ2n) is 4.26. The third-order valence-corrected chi connectivity index (χ3v) is 3.21. The summed E-state index contributed by atoms with van der Waals surface area (Å²) < 4.78 is 1.84. The molecule has 0 saturated carbocycles. The molecule has 106 valence electrons. The van der Waals surface area contributed by atoms with Crippen LogP contribution in [0.1, 0.15) is 22.6 Å². The first-order valence-electron chi connectivity index (χ1n) is 6.34. The van der Waals surface area contributed by atoms with Crippen LogP contribution in [0.2, 0.25) is 0 Å². The molecule has 0 saturated heterocycles. The summed E-state index contributed by atoms with van der Waals surface area (Å²) in [6.45, 7) is 3.23. The molecule has 0 spiro atoms. The number of nitrogens with one attached hydrogen (secondary N) is 1. The first kappa shape index (κ1) is 14.5. The van der Waals surface area contributed by atoms with Crippen LogP contribution in [-0.2, 0) is 6.54 Å². The minimum absolute atomic E-state index is 0.161. The van der Waals surface area contributed by atoms with Gasteiger partial charge < -0.3 is 5.32 Å². The topological polar surface area (TPSA) is 72.7 Å². The van der Waals surface area contributed by atoms with Crippen LogP contribution in [-0.4, -0.2) is 38.5 Å². The highest BCUT2D eigenvalue weighted by Crippen LogP contribution is 2.10. The number of aromatic nitrogens is 4. The van der Waals surface area contributed by atoms with E-state index in [1.807, 2.05) is 30.1 Å². The van der Waals surface area contributed by atoms with Crippen molar-refractivity contribution in [1.29, 1.82) is 0 Å². The maximum Gasteiger partial charge on any atom is 0.270 e. The van der Waals surface area contributed by atoms with Gasteiger partial charge in [-0.3, -0.25) is 9.48 Å². The lowest BCUT2D eigenvalue weighted by Crippen LogP contribution is -2.26. The van der Waals surface area contributed by atoms with Gasteiger partial charge in [0.1, 0.15) is 5.69 Å². The lowest BCUT2D eigenvalue weighted by atomic mass is 10.3. The molecular weight excluding hydrogens is 274 g/mol. The van der Waals surface area contributed by atoms with Gasteiger partial charge >= 0.3 is 0 Å². The first-order chi connectivity index (χ1) is 9.69. The highest BCUT2D eigenvalue weighted by Gasteiger charge is 2.09. The summed E-state index contributed by atoms with van der Waals surface area (Å²) in [5.41, 5.74) is 1.21. The monoisotopic (exact) mass is 291 g/mol. The highest BCUT2D eigenvalue weighted by molar-refractivity contribution is 7.98. The average Bonchev–Trinajstić information content (AvgIpc) is 2.95. The molecule has 0 aliphatic rings. The van der Waals surface area contributed by atoms with E-state index in [-0.39, 0.29) is 5.91 Å². The molecule has 0 bridgehead atoms. The third kappa shape index (κ3) is 4.06. The Kier molecular flexibility index (Phi) is 5.11. The normalized spacial score (nSPS) is 10.5. The van der Waals surface area contributed by atoms with E-state index in [2.05, 4.69) is 20.4 Å². The lowest BCUT2D eigenvalue weighted by molar-refractivity contribution is 0.0946. The summed E-state index contributed by atoms with van der Waals surface area (Å²) in [4.78, 5) is 20.4. The Morgan fingerprint density at radius 3 is 3.00 bits per heavy atom. The maximum absolute atomic E-state index is 12.0. The van der Waals surface area contributed by atoms with Gasteiger partial charge in [0, 0.05) is 31.2 Å². The van der Waals surface area contributed by atoms with Gasteiger partial charge in [0.2, 0.25) is 0 Å². The molecule has 0 aliphatic heterocycles. The average molecular weight is 291 g/mol. The van der Waals surface area contributed by atoms with Crippen molar-refractivity contribution in [2.45, 2.75) is 25.0 Å². The summed E-state index contributed by atoms with van der Waals surface area (Å²) in [6, 6.07) is 3.58. The summed E-state index contributed by atoms with van der Waals surface area (Å²) in [5, 5.41) is 7.58. The Morgan fingerprint density at radius 2 is 2.30 bits per heavy atom. The molecule has 0 unspecified atom stereocenters. The fourth-order valence-corrected chi connectivity index (χ4v) is 2.14. The van der Waals surface area contributed by atoms with E-state index in [1.165, 1.54) is 11.8 Å². The van der Waals surface area contributed by atoms with E-state index in [9.17, 15) is 4.79 Å². The van der Waals surface area contributed by atoms with Gasteiger partial charge in [-0.2, -0.15) is 5.10 Å². The second kappa shape index (κ2) is 7.04. The van der Waals surface area contributed by atoms with Gasteiger partial charge in [-0.05, 0) is 31.7 Å². The zero-order valence-electron chi connectivity index (χ0n) is 11.5. The predicted molar refractivity (Wildman–Crippen MR) is 77.7 cm³/mol. The van der Waals surface area contributed by atoms with Gasteiger partial charge in [-0.25, -0.2) is 9.97 Å². The van der Waals surface area contributed by atoms with Crippen molar-refractivity contribution in [1.82, 2.24) is 25.1 Å². The van der Waals surface area contributed by atoms with Gasteiger partial charge in [0.05, 0.1) is 0 Å². The van der Waals surface area contributed by atoms with E-state index >= 15 is 0 Å². The molecule has 2 heterocycles. The van der Waals surface area contributed by atoms with Crippen molar-refractivity contribution in [2.24, 2.45) is 0 Å². The number of thioether (sulfide) groups is 1. The van der Waals surface area contributed by atoms with Gasteiger partial charge in [0.15, 0.2) is 5.16 Å². The molecule has 2 aromatic heterocycles. The van der Waals surface area contributed by atoms with Crippen molar-refractivity contribution in [3.05, 3.63) is 35.9 Å². The Bertz CT molecular complexity index is 570. The summed E-state index contributed by atoms with van der Waals surface area (Å²) in [5.74, 6) is -0.161. The molecule has 1 amide bonds. The fraction of sp³-hybridized carbons (Fsp3) is 0.385. The van der Waals surface area contributed by atoms with Crippen molar-refractivity contribution in [3.63, 3.8) is 0 Å². The number of aryl methyl sites for hydroxylation is 2. The number of carbonyl (C=O) groups excluding carboxylic acids is 1. The molecular formula is C13H17N5OS. The van der Waals surface area contributed by atoms with Crippen molar-refractivity contribution in [2.75, 3.05) is 12.8 Å². The Labute approximate surface area is 122 Å². The highest BCUT2D eigenvalue weighted by atomic mass is 32.2. The number of hydrogen-bond acceptors (Lipinski definition) is 5. The van der Waals surface area contributed by atoms with Crippen LogP contribution < -0.4 is 5.32 Å². The zero-order chi connectivity index (χ0) is 14.4. The van der Waals surface area contributed by atoms with Crippen LogP contribution in [0.3, 0.4) is 0 Å². The van der Waals surface area contributed by atoms with Crippen LogP contribution in [0.5, 0.6) is 0 Å². The fourth-order valence-electron chi connectivity index (χ4n) is 1.72. The quantitative estimate of drug-likeness (QED) is 0.496. The molecule has 2 rings (SSSR count). The molecule has 0 atom stereocenters. The Balaban J connectivity index is 1.83. The smallest absolute Gasteiger partial charge is 0.270 e. The number of nitrogens with zero attached hydrogens (tertiary/aromatic N) is 4. The minimum Gasteiger partial charge on any atom is -0.351 e. The van der Waals surface area contributed by atoms with E-state index in [0.29, 0.717) is 17.4 Å². The molecule has 6 nitrogen and oxygen atoms in total. The van der Waals surface area contributed by atoms with Crippen LogP contribution in [0, 0.1) is 6.92 Å². The molecule has 0 aromatic carbocycles. The largest absolute Gasteiger partial charge is 0.351 e. The van der Waals surface area contributed by atoms with Gasteiger partial charge in [-0.15, -0.1) is 0 Å². The molecule has 20 heavy (non-hydrogen) atoms. The number of hydrogen-bond donors (Lipinski definition) is 1. The Morgan fingerprint density at radius 1 is 1.45 bits per heavy atom. The zero-order valence-corrected chi connectivity index (χ0v) is 12.4. The van der Waals surface area contributed by atoms with Crippen LogP contribution in [0.25, 0.3) is 0 Å². The first-order valence-corrected chi connectivity index (χ1v) is 7.57. The number of amides is 1. The second-order valence-corrected chi connectivity index (χ2v) is 5.03. The van der Waals surface area contributed by atoms with E-state index in [4.69, 9.17) is 0 Å². The molecule has 2 aromatic rings. The predicted octanol–water partition coefficient (Wildman–Crippen LogP) is 1.52. The van der Waals surface area contributed by atoms with Crippen molar-refractivity contribution < 1.29 is 4.79 Å². The molecule has 0 radical (unpaired) electrons. The maximum atomic E-state index is 12.0. The molecule has 0 aliphatic carbocycles. The van der Waals surface area contributed by atoms with E-state index < -0.39 is 0 Å². The SMILES string of the molecule is CSc1nc(C)cc(C(=O)NCCCn2cccn2)n1. The van der Waals surface area contributed by atoms with Crippen LogP contribution in [0.15, 0.2) is 29.7 Å². The number of rotatable bonds is 6. The summed E-state index contributed by atoms with van der Waals surface area (Å²) in [7, 11) is 0. The van der Waals surface area contributed by atoms with Gasteiger partial charge in [0.25, 0.3) is 5.91 Å². The van der Waals surface area contributed by atoms with Crippen LogP contribution in [0.4, 0.5) is 0 Å². The van der Waals surface area contributed by atoms with Crippen LogP contribution >= 0.6 is 11.8 Å². The Hall–Kier alpha value is -1.89. The minimum atomic E-state index is -0.161. The molecule has 0 fully saturated rings. The van der Waals surface area contributed by atoms with Gasteiger partial charge in [-0.1, -0.05) is 11.8 Å². The third-order valence-electron chi connectivity index (χ3n) is 2.66. The standard InChI is InChI=1S/C13H17N5OS/c1-10-9-11(17-13(16-10)20-2)12(19)14-5-3-7-18-8-4-6-15-18/h4,6,8-9H,3,5,7H2,1-2H3,(H,14,19). The number of carbonyl (C=O) groups is 1. The van der Waals surface area contributed by atoms with Crippen molar-refractivity contribution >= 4 is 17.7 Å². The summed E-state index contributed by atoms with van der Waals surface area (Å²) in [6.07, 6.45) is 6.36. The summed E-state index contributed by atoms with van der Waals surface area (Å²) >= 11 is 1.43.